The van der Waals surface area contributed by atoms with Crippen LogP contribution in [0.15, 0.2) is 53.0 Å². The van der Waals surface area contributed by atoms with E-state index in [1.54, 1.807) is 0 Å². The van der Waals surface area contributed by atoms with Gasteiger partial charge < -0.3 is 10.1 Å². The lowest BCUT2D eigenvalue weighted by atomic mass is 10.1. The largest absolute Gasteiger partial charge is 0.494 e. The molecule has 1 atom stereocenters. The molecule has 0 radical (unpaired) electrons. The van der Waals surface area contributed by atoms with Gasteiger partial charge in [0, 0.05) is 22.6 Å². The highest BCUT2D eigenvalue weighted by atomic mass is 79.9. The Labute approximate surface area is 129 Å². The van der Waals surface area contributed by atoms with Gasteiger partial charge in [0.05, 0.1) is 6.61 Å². The third kappa shape index (κ3) is 4.09. The van der Waals surface area contributed by atoms with Crippen LogP contribution in [0.1, 0.15) is 31.0 Å². The van der Waals surface area contributed by atoms with E-state index in [-0.39, 0.29) is 0 Å². The Morgan fingerprint density at radius 3 is 2.50 bits per heavy atom. The van der Waals surface area contributed by atoms with Crippen molar-refractivity contribution in [3.8, 4) is 5.75 Å². The molecule has 3 heteroatoms. The number of nitrogens with one attached hydrogen (secondary N) is 1. The quantitative estimate of drug-likeness (QED) is 0.827. The molecule has 106 valence electrons. The van der Waals surface area contributed by atoms with Crippen molar-refractivity contribution in [2.24, 2.45) is 0 Å². The van der Waals surface area contributed by atoms with Crippen LogP contribution in [0, 0.1) is 0 Å². The second-order valence-electron chi connectivity index (χ2n) is 4.69. The fraction of sp³-hybridized carbons (Fsp3) is 0.294. The minimum Gasteiger partial charge on any atom is -0.494 e. The van der Waals surface area contributed by atoms with Gasteiger partial charge in [0.15, 0.2) is 0 Å². The molecule has 0 spiro atoms. The van der Waals surface area contributed by atoms with Crippen LogP contribution in [-0.4, -0.2) is 6.61 Å². The normalized spacial score (nSPS) is 12.2. The number of ether oxygens (including phenoxy) is 1. The molecule has 0 saturated carbocycles. The first-order valence-corrected chi connectivity index (χ1v) is 7.69. The average molecular weight is 334 g/mol. The number of hydrogen-bond acceptors (Lipinski definition) is 2. The van der Waals surface area contributed by atoms with E-state index in [9.17, 15) is 0 Å². The maximum atomic E-state index is 5.64. The molecular formula is C17H20BrNO. The van der Waals surface area contributed by atoms with Gasteiger partial charge >= 0.3 is 0 Å². The van der Waals surface area contributed by atoms with Crippen LogP contribution in [-0.2, 0) is 6.54 Å². The van der Waals surface area contributed by atoms with Crippen molar-refractivity contribution in [3.05, 3.63) is 64.1 Å². The number of benzene rings is 2. The summed E-state index contributed by atoms with van der Waals surface area (Å²) in [6, 6.07) is 16.9. The van der Waals surface area contributed by atoms with Crippen molar-refractivity contribution in [1.82, 2.24) is 5.32 Å². The van der Waals surface area contributed by atoms with E-state index in [0.717, 1.165) is 16.8 Å². The van der Waals surface area contributed by atoms with Crippen molar-refractivity contribution in [3.63, 3.8) is 0 Å². The third-order valence-electron chi connectivity index (χ3n) is 3.24. The lowest BCUT2D eigenvalue weighted by Crippen LogP contribution is -2.18. The summed E-state index contributed by atoms with van der Waals surface area (Å²) in [5.74, 6) is 0.963. The maximum Gasteiger partial charge on any atom is 0.123 e. The number of halogens is 1. The fourth-order valence-corrected chi connectivity index (χ4v) is 2.34. The molecule has 0 aromatic heterocycles. The topological polar surface area (TPSA) is 21.3 Å². The van der Waals surface area contributed by atoms with Gasteiger partial charge in [0.1, 0.15) is 5.75 Å². The number of hydrogen-bond donors (Lipinski definition) is 1. The molecule has 2 rings (SSSR count). The zero-order valence-corrected chi connectivity index (χ0v) is 13.5. The summed E-state index contributed by atoms with van der Waals surface area (Å²) >= 11 is 3.46. The number of para-hydroxylation sites is 1. The number of rotatable bonds is 6. The van der Waals surface area contributed by atoms with Crippen LogP contribution in [0.5, 0.6) is 5.75 Å². The predicted octanol–water partition coefficient (Wildman–Crippen LogP) is 4.70. The standard InChI is InChI=1S/C17H20BrNO/c1-3-20-17-7-5-4-6-15(17)12-19-13(2)14-8-10-16(18)11-9-14/h4-11,13,19H,3,12H2,1-2H3/t13-/m0/s1. The zero-order chi connectivity index (χ0) is 14.4. The summed E-state index contributed by atoms with van der Waals surface area (Å²) in [5, 5.41) is 3.54. The van der Waals surface area contributed by atoms with Crippen LogP contribution in [0.4, 0.5) is 0 Å². The molecule has 1 N–H and O–H groups in total. The monoisotopic (exact) mass is 333 g/mol. The molecular weight excluding hydrogens is 314 g/mol. The molecule has 0 unspecified atom stereocenters. The van der Waals surface area contributed by atoms with Crippen LogP contribution in [0.2, 0.25) is 0 Å². The summed E-state index contributed by atoms with van der Waals surface area (Å²) < 4.78 is 6.75. The molecule has 2 aromatic carbocycles. The Morgan fingerprint density at radius 2 is 1.80 bits per heavy atom. The second-order valence-corrected chi connectivity index (χ2v) is 5.61. The zero-order valence-electron chi connectivity index (χ0n) is 11.9. The average Bonchev–Trinajstić information content (AvgIpc) is 2.47. The van der Waals surface area contributed by atoms with Gasteiger partial charge in [-0.25, -0.2) is 0 Å². The van der Waals surface area contributed by atoms with Crippen LogP contribution in [0.3, 0.4) is 0 Å². The van der Waals surface area contributed by atoms with E-state index in [4.69, 9.17) is 4.74 Å². The van der Waals surface area contributed by atoms with E-state index < -0.39 is 0 Å². The molecule has 2 aromatic rings. The first-order valence-electron chi connectivity index (χ1n) is 6.90. The van der Waals surface area contributed by atoms with Gasteiger partial charge in [0.2, 0.25) is 0 Å². The summed E-state index contributed by atoms with van der Waals surface area (Å²) in [4.78, 5) is 0. The van der Waals surface area contributed by atoms with Crippen molar-refractivity contribution in [2.75, 3.05) is 6.61 Å². The molecule has 0 aliphatic heterocycles. The highest BCUT2D eigenvalue weighted by molar-refractivity contribution is 9.10. The Balaban J connectivity index is 1.99. The minimum absolute atomic E-state index is 0.304. The van der Waals surface area contributed by atoms with Crippen molar-refractivity contribution < 1.29 is 4.74 Å². The third-order valence-corrected chi connectivity index (χ3v) is 3.77. The first kappa shape index (κ1) is 15.1. The Bertz CT molecular complexity index is 539. The van der Waals surface area contributed by atoms with Gasteiger partial charge in [-0.3, -0.25) is 0 Å². The van der Waals surface area contributed by atoms with E-state index in [1.165, 1.54) is 11.1 Å². The van der Waals surface area contributed by atoms with Crippen molar-refractivity contribution in [2.45, 2.75) is 26.4 Å². The highest BCUT2D eigenvalue weighted by Gasteiger charge is 2.07. The van der Waals surface area contributed by atoms with Crippen molar-refractivity contribution in [1.29, 1.82) is 0 Å². The molecule has 0 saturated heterocycles. The Morgan fingerprint density at radius 1 is 1.10 bits per heavy atom. The molecule has 0 fully saturated rings. The summed E-state index contributed by atoms with van der Waals surface area (Å²) in [6.45, 7) is 5.67. The molecule has 20 heavy (non-hydrogen) atoms. The molecule has 2 nitrogen and oxygen atoms in total. The SMILES string of the molecule is CCOc1ccccc1CN[C@@H](C)c1ccc(Br)cc1. The summed E-state index contributed by atoms with van der Waals surface area (Å²) in [7, 11) is 0. The lowest BCUT2D eigenvalue weighted by Gasteiger charge is -2.16. The Kier molecular flexibility index (Phi) is 5.62. The molecule has 0 amide bonds. The first-order chi connectivity index (χ1) is 9.70. The lowest BCUT2D eigenvalue weighted by molar-refractivity contribution is 0.335. The van der Waals surface area contributed by atoms with E-state index >= 15 is 0 Å². The van der Waals surface area contributed by atoms with Crippen molar-refractivity contribution >= 4 is 15.9 Å². The summed E-state index contributed by atoms with van der Waals surface area (Å²) in [5.41, 5.74) is 2.47. The summed E-state index contributed by atoms with van der Waals surface area (Å²) in [6.07, 6.45) is 0. The smallest absolute Gasteiger partial charge is 0.123 e. The van der Waals surface area contributed by atoms with Gasteiger partial charge in [0.25, 0.3) is 0 Å². The molecule has 0 aliphatic carbocycles. The minimum atomic E-state index is 0.304. The van der Waals surface area contributed by atoms with E-state index in [2.05, 4.69) is 58.5 Å². The van der Waals surface area contributed by atoms with Crippen LogP contribution in [0.25, 0.3) is 0 Å². The van der Waals surface area contributed by atoms with Gasteiger partial charge in [-0.1, -0.05) is 46.3 Å². The fourth-order valence-electron chi connectivity index (χ4n) is 2.08. The van der Waals surface area contributed by atoms with E-state index in [1.807, 2.05) is 25.1 Å². The van der Waals surface area contributed by atoms with Gasteiger partial charge in [-0.05, 0) is 37.6 Å². The van der Waals surface area contributed by atoms with Gasteiger partial charge in [-0.2, -0.15) is 0 Å². The van der Waals surface area contributed by atoms with Gasteiger partial charge in [-0.15, -0.1) is 0 Å². The van der Waals surface area contributed by atoms with E-state index in [0.29, 0.717) is 12.6 Å². The molecule has 0 heterocycles. The Hall–Kier alpha value is -1.32. The van der Waals surface area contributed by atoms with Crippen LogP contribution < -0.4 is 10.1 Å². The molecule has 0 bridgehead atoms. The van der Waals surface area contributed by atoms with Crippen LogP contribution >= 0.6 is 15.9 Å². The predicted molar refractivity (Wildman–Crippen MR) is 87.0 cm³/mol. The highest BCUT2D eigenvalue weighted by Crippen LogP contribution is 2.20. The molecule has 0 aliphatic rings. The second kappa shape index (κ2) is 7.46. The maximum absolute atomic E-state index is 5.64.